The van der Waals surface area contributed by atoms with Crippen LogP contribution in [-0.2, 0) is 19.9 Å². The zero-order chi connectivity index (χ0) is 22.0. The van der Waals surface area contributed by atoms with E-state index in [2.05, 4.69) is 21.8 Å². The molecule has 1 aromatic carbocycles. The zero-order valence-electron chi connectivity index (χ0n) is 16.9. The summed E-state index contributed by atoms with van der Waals surface area (Å²) in [6.45, 7) is 4.02. The fourth-order valence-corrected chi connectivity index (χ4v) is 5.34. The van der Waals surface area contributed by atoms with Crippen molar-refractivity contribution in [1.29, 1.82) is 0 Å². The first-order valence-corrected chi connectivity index (χ1v) is 11.3. The summed E-state index contributed by atoms with van der Waals surface area (Å²) in [5.74, 6) is -0.343. The summed E-state index contributed by atoms with van der Waals surface area (Å²) in [5.41, 5.74) is 1.12. The number of hydrogen-bond donors (Lipinski definition) is 0. The maximum Gasteiger partial charge on any atom is 0.284 e. The number of nitrogens with zero attached hydrogens (tertiary/aromatic N) is 6. The number of hydrogen-bond acceptors (Lipinski definition) is 8. The molecule has 160 valence electrons. The molecule has 4 rings (SSSR count). The van der Waals surface area contributed by atoms with Crippen molar-refractivity contribution in [3.8, 4) is 0 Å². The Hall–Kier alpha value is -3.05. The maximum atomic E-state index is 13.3. The first-order valence-electron chi connectivity index (χ1n) is 9.69. The summed E-state index contributed by atoms with van der Waals surface area (Å²) >= 11 is 2.64. The Bertz CT molecular complexity index is 1130. The molecular formula is C20H20N6O3S2. The van der Waals surface area contributed by atoms with E-state index in [1.165, 1.54) is 33.5 Å². The number of rotatable bonds is 7. The second kappa shape index (κ2) is 8.98. The minimum Gasteiger partial charge on any atom is -0.311 e. The van der Waals surface area contributed by atoms with Crippen LogP contribution in [0, 0.1) is 10.1 Å². The predicted molar refractivity (Wildman–Crippen MR) is 119 cm³/mol. The Balaban J connectivity index is 1.66. The van der Waals surface area contributed by atoms with Gasteiger partial charge in [0.15, 0.2) is 10.3 Å². The lowest BCUT2D eigenvalue weighted by atomic mass is 10.0. The molecule has 31 heavy (non-hydrogen) atoms. The number of amides is 1. The average molecular weight is 457 g/mol. The first kappa shape index (κ1) is 21.2. The van der Waals surface area contributed by atoms with E-state index in [4.69, 9.17) is 0 Å². The minimum atomic E-state index is -0.491. The molecule has 0 saturated carbocycles. The number of aryl methyl sites for hydroxylation is 3. The highest BCUT2D eigenvalue weighted by Crippen LogP contribution is 2.36. The van der Waals surface area contributed by atoms with Crippen molar-refractivity contribution >= 4 is 39.8 Å². The summed E-state index contributed by atoms with van der Waals surface area (Å²) in [7, 11) is 1.76. The molecule has 3 aromatic rings. The molecule has 1 aliphatic rings. The van der Waals surface area contributed by atoms with Gasteiger partial charge >= 0.3 is 0 Å². The number of carbonyl (C=O) groups is 1. The maximum absolute atomic E-state index is 13.3. The predicted octanol–water partition coefficient (Wildman–Crippen LogP) is 4.04. The van der Waals surface area contributed by atoms with Gasteiger partial charge in [0, 0.05) is 30.1 Å². The average Bonchev–Trinajstić information content (AvgIpc) is 3.37. The Morgan fingerprint density at radius 3 is 2.90 bits per heavy atom. The summed E-state index contributed by atoms with van der Waals surface area (Å²) < 4.78 is 1.67. The quantitative estimate of drug-likeness (QED) is 0.300. The van der Waals surface area contributed by atoms with Gasteiger partial charge in [-0.25, -0.2) is 4.98 Å². The van der Waals surface area contributed by atoms with Crippen LogP contribution in [0.3, 0.4) is 0 Å². The smallest absolute Gasteiger partial charge is 0.284 e. The van der Waals surface area contributed by atoms with E-state index in [0.717, 1.165) is 43.1 Å². The van der Waals surface area contributed by atoms with Crippen LogP contribution in [0.2, 0.25) is 0 Å². The number of anilines is 1. The van der Waals surface area contributed by atoms with Gasteiger partial charge in [-0.3, -0.25) is 19.8 Å². The molecule has 0 atom stereocenters. The van der Waals surface area contributed by atoms with E-state index < -0.39 is 4.92 Å². The van der Waals surface area contributed by atoms with Crippen LogP contribution in [0.1, 0.15) is 33.8 Å². The Morgan fingerprint density at radius 2 is 2.23 bits per heavy atom. The van der Waals surface area contributed by atoms with Crippen LogP contribution in [0.25, 0.3) is 0 Å². The van der Waals surface area contributed by atoms with E-state index in [1.54, 1.807) is 29.8 Å². The second-order valence-corrected chi connectivity index (χ2v) is 9.12. The van der Waals surface area contributed by atoms with E-state index in [9.17, 15) is 14.9 Å². The molecule has 0 bridgehead atoms. The van der Waals surface area contributed by atoms with Gasteiger partial charge in [0.1, 0.15) is 6.33 Å². The van der Waals surface area contributed by atoms with Gasteiger partial charge in [-0.15, -0.1) is 28.1 Å². The zero-order valence-corrected chi connectivity index (χ0v) is 18.5. The SMILES string of the molecule is C=CCN(C(=O)c1ccc(Sc2nncn2C)c([N+](=O)[O-])c1)c1nc2c(s1)CCCC2. The third-order valence-corrected chi connectivity index (χ3v) is 7.19. The number of nitro groups is 1. The summed E-state index contributed by atoms with van der Waals surface area (Å²) in [4.78, 5) is 32.3. The molecule has 0 radical (unpaired) electrons. The van der Waals surface area contributed by atoms with Gasteiger partial charge in [0.05, 0.1) is 15.5 Å². The van der Waals surface area contributed by atoms with Crippen LogP contribution in [0.5, 0.6) is 0 Å². The first-order chi connectivity index (χ1) is 15.0. The van der Waals surface area contributed by atoms with Crippen LogP contribution >= 0.6 is 23.1 Å². The molecule has 0 N–H and O–H groups in total. The molecule has 0 aliphatic heterocycles. The molecule has 1 aliphatic carbocycles. The summed E-state index contributed by atoms with van der Waals surface area (Å²) in [6, 6.07) is 4.48. The summed E-state index contributed by atoms with van der Waals surface area (Å²) in [5, 5.41) is 20.6. The van der Waals surface area contributed by atoms with Gasteiger partial charge in [-0.1, -0.05) is 6.08 Å². The van der Waals surface area contributed by atoms with Crippen LogP contribution in [0.15, 0.2) is 47.2 Å². The molecule has 2 aromatic heterocycles. The second-order valence-electron chi connectivity index (χ2n) is 7.04. The van der Waals surface area contributed by atoms with E-state index in [0.29, 0.717) is 15.2 Å². The highest BCUT2D eigenvalue weighted by molar-refractivity contribution is 7.99. The van der Waals surface area contributed by atoms with Gasteiger partial charge in [0.2, 0.25) is 0 Å². The number of carbonyl (C=O) groups excluding carboxylic acids is 1. The fraction of sp³-hybridized carbons (Fsp3) is 0.300. The minimum absolute atomic E-state index is 0.157. The Kier molecular flexibility index (Phi) is 6.14. The molecule has 2 heterocycles. The van der Waals surface area contributed by atoms with Crippen molar-refractivity contribution in [2.45, 2.75) is 35.7 Å². The lowest BCUT2D eigenvalue weighted by molar-refractivity contribution is -0.387. The molecule has 0 saturated heterocycles. The topological polar surface area (TPSA) is 107 Å². The third-order valence-electron chi connectivity index (χ3n) is 4.90. The molecule has 11 heteroatoms. The highest BCUT2D eigenvalue weighted by Gasteiger charge is 2.26. The molecule has 0 unspecified atom stereocenters. The number of aromatic nitrogens is 4. The van der Waals surface area contributed by atoms with E-state index >= 15 is 0 Å². The monoisotopic (exact) mass is 456 g/mol. The van der Waals surface area contributed by atoms with Crippen LogP contribution < -0.4 is 4.90 Å². The Labute approximate surface area is 187 Å². The molecule has 0 spiro atoms. The third kappa shape index (κ3) is 4.37. The molecule has 9 nitrogen and oxygen atoms in total. The van der Waals surface area contributed by atoms with Crippen molar-refractivity contribution in [2.24, 2.45) is 7.05 Å². The van der Waals surface area contributed by atoms with Crippen molar-refractivity contribution in [3.63, 3.8) is 0 Å². The van der Waals surface area contributed by atoms with Crippen molar-refractivity contribution < 1.29 is 9.72 Å². The van der Waals surface area contributed by atoms with Crippen LogP contribution in [0.4, 0.5) is 10.8 Å². The molecular weight excluding hydrogens is 436 g/mol. The number of benzene rings is 1. The van der Waals surface area contributed by atoms with E-state index in [-0.39, 0.29) is 23.7 Å². The Morgan fingerprint density at radius 1 is 1.42 bits per heavy atom. The van der Waals surface area contributed by atoms with Gasteiger partial charge in [-0.2, -0.15) is 0 Å². The van der Waals surface area contributed by atoms with Crippen molar-refractivity contribution in [2.75, 3.05) is 11.4 Å². The van der Waals surface area contributed by atoms with Gasteiger partial charge < -0.3 is 4.57 Å². The van der Waals surface area contributed by atoms with Crippen molar-refractivity contribution in [1.82, 2.24) is 19.7 Å². The number of nitro benzene ring substituents is 1. The number of thiazole rings is 1. The standard InChI is InChI=1S/C20H20N6O3S2/c1-3-10-25(19-22-14-6-4-5-7-16(14)30-19)18(27)13-8-9-17(15(11-13)26(28)29)31-20-23-21-12-24(20)2/h3,8-9,11-12H,1,4-7,10H2,2H3. The van der Waals surface area contributed by atoms with E-state index in [1.807, 2.05) is 0 Å². The largest absolute Gasteiger partial charge is 0.311 e. The lowest BCUT2D eigenvalue weighted by Gasteiger charge is -2.18. The number of fused-ring (bicyclic) bond motifs is 1. The fourth-order valence-electron chi connectivity index (χ4n) is 3.33. The van der Waals surface area contributed by atoms with Gasteiger partial charge in [0.25, 0.3) is 11.6 Å². The normalized spacial score (nSPS) is 12.9. The van der Waals surface area contributed by atoms with Gasteiger partial charge in [-0.05, 0) is 49.6 Å². The highest BCUT2D eigenvalue weighted by atomic mass is 32.2. The lowest BCUT2D eigenvalue weighted by Crippen LogP contribution is -2.31. The molecule has 1 amide bonds. The van der Waals surface area contributed by atoms with Crippen LogP contribution in [-0.4, -0.2) is 37.1 Å². The summed E-state index contributed by atoms with van der Waals surface area (Å²) in [6.07, 6.45) is 7.27. The van der Waals surface area contributed by atoms with Crippen molar-refractivity contribution in [3.05, 3.63) is 63.4 Å². The molecule has 0 fully saturated rings.